The lowest BCUT2D eigenvalue weighted by Crippen LogP contribution is -2.32. The molecular formula is C20H25NO3. The number of hydrogen-bond acceptors (Lipinski definition) is 3. The van der Waals surface area contributed by atoms with E-state index in [1.807, 2.05) is 37.3 Å². The van der Waals surface area contributed by atoms with Crippen LogP contribution < -0.4 is 10.1 Å². The van der Waals surface area contributed by atoms with E-state index in [4.69, 9.17) is 4.74 Å². The molecule has 0 unspecified atom stereocenters. The number of rotatable bonds is 9. The zero-order chi connectivity index (χ0) is 17.2. The van der Waals surface area contributed by atoms with Crippen molar-refractivity contribution in [2.24, 2.45) is 5.92 Å². The van der Waals surface area contributed by atoms with Crippen molar-refractivity contribution in [3.63, 3.8) is 0 Å². The number of nitrogens with one attached hydrogen (secondary N) is 1. The normalized spacial score (nSPS) is 11.8. The van der Waals surface area contributed by atoms with Crippen molar-refractivity contribution in [3.05, 3.63) is 65.7 Å². The van der Waals surface area contributed by atoms with Gasteiger partial charge in [-0.1, -0.05) is 48.0 Å². The molecule has 1 atom stereocenters. The molecular weight excluding hydrogens is 302 g/mol. The molecule has 0 aromatic heterocycles. The van der Waals surface area contributed by atoms with Gasteiger partial charge < -0.3 is 15.2 Å². The van der Waals surface area contributed by atoms with Gasteiger partial charge in [-0.25, -0.2) is 0 Å². The van der Waals surface area contributed by atoms with E-state index in [0.717, 1.165) is 12.2 Å². The minimum atomic E-state index is -0.0618. The summed E-state index contributed by atoms with van der Waals surface area (Å²) in [5, 5.41) is 12.4. The van der Waals surface area contributed by atoms with Crippen molar-refractivity contribution >= 4 is 5.91 Å². The van der Waals surface area contributed by atoms with Crippen LogP contribution in [-0.2, 0) is 11.2 Å². The van der Waals surface area contributed by atoms with E-state index in [0.29, 0.717) is 19.6 Å². The third-order valence-electron chi connectivity index (χ3n) is 3.83. The van der Waals surface area contributed by atoms with Crippen LogP contribution in [0.2, 0.25) is 0 Å². The highest BCUT2D eigenvalue weighted by atomic mass is 16.5. The number of aliphatic hydroxyl groups is 1. The molecule has 4 heteroatoms. The van der Waals surface area contributed by atoms with E-state index < -0.39 is 0 Å². The highest BCUT2D eigenvalue weighted by molar-refractivity contribution is 5.75. The Kier molecular flexibility index (Phi) is 7.30. The zero-order valence-corrected chi connectivity index (χ0v) is 14.1. The number of aliphatic hydroxyl groups excluding tert-OH is 1. The van der Waals surface area contributed by atoms with Crippen LogP contribution in [0, 0.1) is 12.8 Å². The Bertz CT molecular complexity index is 611. The molecule has 0 heterocycles. The van der Waals surface area contributed by atoms with E-state index in [-0.39, 0.29) is 18.4 Å². The molecule has 0 aliphatic rings. The molecule has 0 aliphatic carbocycles. The molecule has 2 aromatic carbocycles. The number of carbonyl (C=O) groups excluding carboxylic acids is 1. The van der Waals surface area contributed by atoms with Crippen LogP contribution in [0.1, 0.15) is 17.5 Å². The molecule has 4 nitrogen and oxygen atoms in total. The average Bonchev–Trinajstić information content (AvgIpc) is 2.61. The summed E-state index contributed by atoms with van der Waals surface area (Å²) in [6, 6.07) is 17.7. The van der Waals surface area contributed by atoms with E-state index in [1.165, 1.54) is 11.1 Å². The predicted octanol–water partition coefficient (Wildman–Crippen LogP) is 2.73. The lowest BCUT2D eigenvalue weighted by molar-refractivity contribution is -0.121. The maximum absolute atomic E-state index is 11.9. The minimum Gasteiger partial charge on any atom is -0.493 e. The summed E-state index contributed by atoms with van der Waals surface area (Å²) < 4.78 is 5.51. The Morgan fingerprint density at radius 2 is 1.83 bits per heavy atom. The topological polar surface area (TPSA) is 58.6 Å². The fourth-order valence-corrected chi connectivity index (χ4v) is 2.38. The Morgan fingerprint density at radius 3 is 2.50 bits per heavy atom. The molecule has 0 saturated heterocycles. The lowest BCUT2D eigenvalue weighted by atomic mass is 9.99. The van der Waals surface area contributed by atoms with Gasteiger partial charge in [0.1, 0.15) is 5.75 Å². The summed E-state index contributed by atoms with van der Waals surface area (Å²) in [5.41, 5.74) is 2.38. The maximum Gasteiger partial charge on any atom is 0.223 e. The Hall–Kier alpha value is -2.33. The summed E-state index contributed by atoms with van der Waals surface area (Å²) in [4.78, 5) is 11.9. The van der Waals surface area contributed by atoms with Crippen LogP contribution in [0.3, 0.4) is 0 Å². The molecule has 128 valence electrons. The van der Waals surface area contributed by atoms with Gasteiger partial charge in [0.25, 0.3) is 0 Å². The van der Waals surface area contributed by atoms with E-state index in [1.54, 1.807) is 0 Å². The lowest BCUT2D eigenvalue weighted by Gasteiger charge is -2.15. The molecule has 2 rings (SSSR count). The van der Waals surface area contributed by atoms with Gasteiger partial charge in [0.15, 0.2) is 0 Å². The Labute approximate surface area is 143 Å². The van der Waals surface area contributed by atoms with Crippen LogP contribution in [0.25, 0.3) is 0 Å². The van der Waals surface area contributed by atoms with Crippen LogP contribution in [0.15, 0.2) is 54.6 Å². The van der Waals surface area contributed by atoms with Crippen LogP contribution >= 0.6 is 0 Å². The first kappa shape index (κ1) is 18.0. The van der Waals surface area contributed by atoms with Gasteiger partial charge in [0, 0.05) is 19.1 Å². The van der Waals surface area contributed by atoms with Crippen molar-refractivity contribution in [1.29, 1.82) is 0 Å². The quantitative estimate of drug-likeness (QED) is 0.744. The van der Waals surface area contributed by atoms with Gasteiger partial charge in [0.2, 0.25) is 5.91 Å². The molecule has 24 heavy (non-hydrogen) atoms. The molecule has 0 radical (unpaired) electrons. The van der Waals surface area contributed by atoms with E-state index in [9.17, 15) is 9.90 Å². The van der Waals surface area contributed by atoms with Crippen molar-refractivity contribution < 1.29 is 14.6 Å². The molecule has 0 fully saturated rings. The second kappa shape index (κ2) is 9.73. The fourth-order valence-electron chi connectivity index (χ4n) is 2.38. The van der Waals surface area contributed by atoms with Crippen molar-refractivity contribution in [1.82, 2.24) is 5.32 Å². The largest absolute Gasteiger partial charge is 0.493 e. The minimum absolute atomic E-state index is 0.0201. The first-order chi connectivity index (χ1) is 11.7. The molecule has 0 aliphatic heterocycles. The number of para-hydroxylation sites is 1. The third-order valence-corrected chi connectivity index (χ3v) is 3.83. The van der Waals surface area contributed by atoms with Gasteiger partial charge in [-0.15, -0.1) is 0 Å². The van der Waals surface area contributed by atoms with E-state index in [2.05, 4.69) is 29.6 Å². The van der Waals surface area contributed by atoms with Crippen LogP contribution in [0.5, 0.6) is 5.75 Å². The summed E-state index contributed by atoms with van der Waals surface area (Å²) in [6.45, 7) is 2.91. The number of carbonyl (C=O) groups is 1. The van der Waals surface area contributed by atoms with Crippen LogP contribution in [0.4, 0.5) is 0 Å². The van der Waals surface area contributed by atoms with Gasteiger partial charge >= 0.3 is 0 Å². The first-order valence-electron chi connectivity index (χ1n) is 8.28. The molecule has 0 bridgehead atoms. The number of hydrogen-bond donors (Lipinski definition) is 2. The first-order valence-corrected chi connectivity index (χ1v) is 8.28. The molecule has 0 saturated carbocycles. The van der Waals surface area contributed by atoms with E-state index >= 15 is 0 Å². The summed E-state index contributed by atoms with van der Waals surface area (Å²) in [6.07, 6.45) is 1.05. The molecule has 2 aromatic rings. The molecule has 2 N–H and O–H groups in total. The summed E-state index contributed by atoms with van der Waals surface area (Å²) in [5.74, 6) is 0.720. The molecule has 0 spiro atoms. The number of benzene rings is 2. The maximum atomic E-state index is 11.9. The Morgan fingerprint density at radius 1 is 1.12 bits per heavy atom. The standard InChI is InChI=1S/C20H25NO3/c1-16-7-9-17(10-8-16)13-18(15-22)14-21-20(23)11-12-24-19-5-3-2-4-6-19/h2-10,18,22H,11-15H2,1H3,(H,21,23)/t18-/m0/s1. The summed E-state index contributed by atoms with van der Waals surface area (Å²) >= 11 is 0. The molecule has 1 amide bonds. The Balaban J connectivity index is 1.68. The van der Waals surface area contributed by atoms with Gasteiger partial charge in [-0.3, -0.25) is 4.79 Å². The third kappa shape index (κ3) is 6.42. The number of amides is 1. The highest BCUT2D eigenvalue weighted by Gasteiger charge is 2.11. The highest BCUT2D eigenvalue weighted by Crippen LogP contribution is 2.10. The van der Waals surface area contributed by atoms with Gasteiger partial charge in [0.05, 0.1) is 13.0 Å². The van der Waals surface area contributed by atoms with Crippen molar-refractivity contribution in [2.45, 2.75) is 19.8 Å². The SMILES string of the molecule is Cc1ccc(C[C@H](CO)CNC(=O)CCOc2ccccc2)cc1. The van der Waals surface area contributed by atoms with Crippen molar-refractivity contribution in [2.75, 3.05) is 19.8 Å². The predicted molar refractivity (Wildman–Crippen MR) is 95.0 cm³/mol. The second-order valence-electron chi connectivity index (χ2n) is 5.95. The van der Waals surface area contributed by atoms with Crippen molar-refractivity contribution in [3.8, 4) is 5.75 Å². The van der Waals surface area contributed by atoms with Crippen LogP contribution in [-0.4, -0.2) is 30.8 Å². The number of ether oxygens (including phenoxy) is 1. The summed E-state index contributed by atoms with van der Waals surface area (Å²) in [7, 11) is 0. The average molecular weight is 327 g/mol. The zero-order valence-electron chi connectivity index (χ0n) is 14.1. The smallest absolute Gasteiger partial charge is 0.223 e. The van der Waals surface area contributed by atoms with Gasteiger partial charge in [-0.05, 0) is 31.0 Å². The fraction of sp³-hybridized carbons (Fsp3) is 0.350. The van der Waals surface area contributed by atoms with Gasteiger partial charge in [-0.2, -0.15) is 0 Å². The monoisotopic (exact) mass is 327 g/mol. The number of aryl methyl sites for hydroxylation is 1. The second-order valence-corrected chi connectivity index (χ2v) is 5.95.